The number of anilines is 3. The quantitative estimate of drug-likeness (QED) is 0.179. The zero-order valence-corrected chi connectivity index (χ0v) is 27.6. The lowest BCUT2D eigenvalue weighted by Gasteiger charge is -2.26. The summed E-state index contributed by atoms with van der Waals surface area (Å²) in [6, 6.07) is 66.4. The van der Waals surface area contributed by atoms with E-state index in [1.54, 1.807) is 0 Å². The van der Waals surface area contributed by atoms with E-state index < -0.39 is 0 Å². The van der Waals surface area contributed by atoms with Crippen LogP contribution < -0.4 is 4.90 Å². The van der Waals surface area contributed by atoms with E-state index in [9.17, 15) is 0 Å². The second kappa shape index (κ2) is 11.9. The first-order chi connectivity index (χ1) is 25.3. The maximum atomic E-state index is 6.09. The van der Waals surface area contributed by atoms with Gasteiger partial charge in [-0.25, -0.2) is 4.98 Å². The monoisotopic (exact) mass is 653 g/mol. The molecule has 0 aliphatic carbocycles. The van der Waals surface area contributed by atoms with Crippen LogP contribution in [0.4, 0.5) is 17.1 Å². The molecule has 10 aromatic rings. The summed E-state index contributed by atoms with van der Waals surface area (Å²) in [5.41, 5.74) is 11.7. The summed E-state index contributed by atoms with van der Waals surface area (Å²) >= 11 is 0. The minimum atomic E-state index is 0.615. The van der Waals surface area contributed by atoms with Gasteiger partial charge in [-0.1, -0.05) is 103 Å². The van der Waals surface area contributed by atoms with Crippen molar-refractivity contribution in [2.75, 3.05) is 4.90 Å². The molecule has 0 aliphatic heterocycles. The molecule has 0 aliphatic rings. The normalized spacial score (nSPS) is 11.5. The van der Waals surface area contributed by atoms with Crippen LogP contribution in [0.25, 0.3) is 71.9 Å². The van der Waals surface area contributed by atoms with Gasteiger partial charge in [0.05, 0.1) is 11.0 Å². The Morgan fingerprint density at radius 2 is 0.961 bits per heavy atom. The molecule has 0 fully saturated rings. The van der Waals surface area contributed by atoms with Crippen molar-refractivity contribution >= 4 is 60.7 Å². The molecule has 0 saturated heterocycles. The Labute approximate surface area is 295 Å². The molecule has 0 atom stereocenters. The topological polar surface area (TPSA) is 34.2 Å². The Kier molecular flexibility index (Phi) is 6.78. The van der Waals surface area contributed by atoms with Crippen molar-refractivity contribution in [3.8, 4) is 28.3 Å². The van der Waals surface area contributed by atoms with Crippen LogP contribution in [0.5, 0.6) is 0 Å². The van der Waals surface area contributed by atoms with Crippen LogP contribution in [-0.4, -0.2) is 9.55 Å². The Morgan fingerprint density at radius 3 is 1.63 bits per heavy atom. The van der Waals surface area contributed by atoms with E-state index in [0.717, 1.165) is 39.4 Å². The molecule has 0 radical (unpaired) electrons. The molecule has 0 amide bonds. The maximum Gasteiger partial charge on any atom is 0.227 e. The van der Waals surface area contributed by atoms with Crippen molar-refractivity contribution in [2.24, 2.45) is 0 Å². The minimum absolute atomic E-state index is 0.615. The molecule has 10 rings (SSSR count). The van der Waals surface area contributed by atoms with Gasteiger partial charge in [-0.3, -0.25) is 0 Å². The molecular weight excluding hydrogens is 623 g/mol. The van der Waals surface area contributed by atoms with Crippen LogP contribution in [0.2, 0.25) is 0 Å². The largest absolute Gasteiger partial charge is 0.436 e. The molecule has 8 aromatic carbocycles. The highest BCUT2D eigenvalue weighted by molar-refractivity contribution is 6.09. The van der Waals surface area contributed by atoms with Crippen molar-refractivity contribution in [1.82, 2.24) is 9.55 Å². The average molecular weight is 654 g/mol. The number of nitrogens with zero attached hydrogens (tertiary/aromatic N) is 3. The highest BCUT2D eigenvalue weighted by Crippen LogP contribution is 2.39. The Bertz CT molecular complexity index is 2750. The summed E-state index contributed by atoms with van der Waals surface area (Å²) < 4.78 is 8.45. The van der Waals surface area contributed by atoms with Gasteiger partial charge in [0, 0.05) is 39.1 Å². The van der Waals surface area contributed by atoms with Crippen LogP contribution in [0, 0.1) is 0 Å². The van der Waals surface area contributed by atoms with Gasteiger partial charge in [0.1, 0.15) is 5.52 Å². The number of para-hydroxylation sites is 4. The highest BCUT2D eigenvalue weighted by atomic mass is 16.3. The van der Waals surface area contributed by atoms with Gasteiger partial charge in [-0.05, 0) is 107 Å². The Morgan fingerprint density at radius 1 is 0.431 bits per heavy atom. The smallest absolute Gasteiger partial charge is 0.227 e. The third-order valence-electron chi connectivity index (χ3n) is 9.84. The zero-order chi connectivity index (χ0) is 33.7. The maximum absolute atomic E-state index is 6.09. The van der Waals surface area contributed by atoms with Gasteiger partial charge in [-0.15, -0.1) is 0 Å². The third-order valence-corrected chi connectivity index (χ3v) is 9.84. The van der Waals surface area contributed by atoms with Gasteiger partial charge in [0.2, 0.25) is 5.89 Å². The van der Waals surface area contributed by atoms with Crippen molar-refractivity contribution in [2.45, 2.75) is 0 Å². The predicted octanol–water partition coefficient (Wildman–Crippen LogP) is 12.9. The van der Waals surface area contributed by atoms with Crippen molar-refractivity contribution < 1.29 is 4.42 Å². The lowest BCUT2D eigenvalue weighted by atomic mass is 9.98. The van der Waals surface area contributed by atoms with E-state index in [1.807, 2.05) is 24.3 Å². The van der Waals surface area contributed by atoms with Crippen molar-refractivity contribution in [1.29, 1.82) is 0 Å². The van der Waals surface area contributed by atoms with Crippen LogP contribution in [0.3, 0.4) is 0 Å². The number of hydrogen-bond acceptors (Lipinski definition) is 3. The molecule has 240 valence electrons. The first kappa shape index (κ1) is 29.0. The zero-order valence-electron chi connectivity index (χ0n) is 27.6. The molecule has 2 heterocycles. The van der Waals surface area contributed by atoms with Crippen LogP contribution in [0.1, 0.15) is 0 Å². The molecule has 0 bridgehead atoms. The lowest BCUT2D eigenvalue weighted by molar-refractivity contribution is 0.620. The van der Waals surface area contributed by atoms with E-state index >= 15 is 0 Å². The van der Waals surface area contributed by atoms with E-state index in [4.69, 9.17) is 9.40 Å². The Hall–Kier alpha value is -6.91. The fourth-order valence-electron chi connectivity index (χ4n) is 7.41. The van der Waals surface area contributed by atoms with E-state index in [0.29, 0.717) is 5.89 Å². The molecule has 0 N–H and O–H groups in total. The standard InChI is InChI=1S/C47H31N3O/c1-2-12-39-32(10-1)11-9-15-40(39)33-20-24-35(25-21-33)49(36-26-22-34(23-27-36)47-48-43-16-5-8-19-46(43)51-47)37-28-30-38(31-29-37)50-44-17-6-3-13-41(44)42-14-4-7-18-45(42)50/h1-31H. The first-order valence-corrected chi connectivity index (χ1v) is 17.2. The molecule has 2 aromatic heterocycles. The van der Waals surface area contributed by atoms with E-state index in [-0.39, 0.29) is 0 Å². The molecular formula is C47H31N3O. The number of benzene rings is 8. The predicted molar refractivity (Wildman–Crippen MR) is 211 cm³/mol. The van der Waals surface area contributed by atoms with Gasteiger partial charge in [0.25, 0.3) is 0 Å². The summed E-state index contributed by atoms with van der Waals surface area (Å²) in [4.78, 5) is 7.03. The van der Waals surface area contributed by atoms with E-state index in [1.165, 1.54) is 43.7 Å². The van der Waals surface area contributed by atoms with Crippen LogP contribution >= 0.6 is 0 Å². The number of fused-ring (bicyclic) bond motifs is 5. The van der Waals surface area contributed by atoms with E-state index in [2.05, 4.69) is 173 Å². The summed E-state index contributed by atoms with van der Waals surface area (Å²) in [5, 5.41) is 5.00. The average Bonchev–Trinajstić information content (AvgIpc) is 3.79. The number of aromatic nitrogens is 2. The molecule has 51 heavy (non-hydrogen) atoms. The third kappa shape index (κ3) is 4.96. The summed E-state index contributed by atoms with van der Waals surface area (Å²) in [7, 11) is 0. The Balaban J connectivity index is 1.07. The van der Waals surface area contributed by atoms with Gasteiger partial charge in [0.15, 0.2) is 5.58 Å². The number of hydrogen-bond donors (Lipinski definition) is 0. The van der Waals surface area contributed by atoms with Crippen LogP contribution in [-0.2, 0) is 0 Å². The van der Waals surface area contributed by atoms with Crippen molar-refractivity contribution in [3.05, 3.63) is 188 Å². The van der Waals surface area contributed by atoms with Gasteiger partial charge < -0.3 is 13.9 Å². The van der Waals surface area contributed by atoms with Gasteiger partial charge in [-0.2, -0.15) is 0 Å². The number of oxazole rings is 1. The van der Waals surface area contributed by atoms with Gasteiger partial charge >= 0.3 is 0 Å². The summed E-state index contributed by atoms with van der Waals surface area (Å²) in [6.45, 7) is 0. The van der Waals surface area contributed by atoms with Crippen LogP contribution in [0.15, 0.2) is 192 Å². The fraction of sp³-hybridized carbons (Fsp3) is 0. The molecule has 0 unspecified atom stereocenters. The summed E-state index contributed by atoms with van der Waals surface area (Å²) in [5.74, 6) is 0.615. The number of rotatable bonds is 6. The molecule has 0 spiro atoms. The molecule has 4 nitrogen and oxygen atoms in total. The fourth-order valence-corrected chi connectivity index (χ4v) is 7.41. The second-order valence-electron chi connectivity index (χ2n) is 12.8. The SMILES string of the molecule is c1ccc2c(-c3ccc(N(c4ccc(-c5nc6ccccc6o5)cc4)c4ccc(-n5c6ccccc6c6ccccc65)cc4)cc3)cccc2c1. The second-order valence-corrected chi connectivity index (χ2v) is 12.8. The summed E-state index contributed by atoms with van der Waals surface area (Å²) in [6.07, 6.45) is 0. The minimum Gasteiger partial charge on any atom is -0.436 e. The lowest BCUT2D eigenvalue weighted by Crippen LogP contribution is -2.10. The highest BCUT2D eigenvalue weighted by Gasteiger charge is 2.17. The van der Waals surface area contributed by atoms with Crippen molar-refractivity contribution in [3.63, 3.8) is 0 Å². The molecule has 0 saturated carbocycles. The first-order valence-electron chi connectivity index (χ1n) is 17.2. The molecule has 4 heteroatoms.